The summed E-state index contributed by atoms with van der Waals surface area (Å²) in [6.07, 6.45) is 5.21. The topological polar surface area (TPSA) is 38.7 Å². The van der Waals surface area contributed by atoms with Crippen LogP contribution in [0.25, 0.3) is 0 Å². The molecule has 3 rings (SSSR count). The monoisotopic (exact) mass is 333 g/mol. The summed E-state index contributed by atoms with van der Waals surface area (Å²) < 4.78 is 0. The van der Waals surface area contributed by atoms with Crippen LogP contribution in [0, 0.1) is 5.92 Å². The predicted octanol–water partition coefficient (Wildman–Crippen LogP) is 2.97. The van der Waals surface area contributed by atoms with Gasteiger partial charge in [-0.2, -0.15) is 0 Å². The second-order valence-electron chi connectivity index (χ2n) is 6.78. The van der Waals surface area contributed by atoms with E-state index in [0.717, 1.165) is 37.0 Å². The van der Waals surface area contributed by atoms with Crippen LogP contribution >= 0.6 is 12.2 Å². The lowest BCUT2D eigenvalue weighted by atomic mass is 9.86. The van der Waals surface area contributed by atoms with Crippen LogP contribution < -0.4 is 10.2 Å². The van der Waals surface area contributed by atoms with E-state index in [4.69, 9.17) is 12.2 Å². The first-order valence-corrected chi connectivity index (χ1v) is 9.14. The Bertz CT molecular complexity index is 543. The Hall–Kier alpha value is -1.49. The average Bonchev–Trinajstić information content (AvgIpc) is 2.57. The summed E-state index contributed by atoms with van der Waals surface area (Å²) >= 11 is 5.64. The number of aromatic hydroxyl groups is 1. The summed E-state index contributed by atoms with van der Waals surface area (Å²) in [5.74, 6) is 1.07. The molecule has 1 heterocycles. The minimum Gasteiger partial charge on any atom is -0.506 e. The summed E-state index contributed by atoms with van der Waals surface area (Å²) in [4.78, 5) is 4.50. The quantitative estimate of drug-likeness (QED) is 0.814. The maximum atomic E-state index is 9.99. The van der Waals surface area contributed by atoms with E-state index < -0.39 is 0 Å². The molecule has 2 fully saturated rings. The SMILES string of the molecule is C[C@@H]1CCCC[C@H]1NC(=S)N1CCN(c2ccccc2O)CC1. The van der Waals surface area contributed by atoms with Gasteiger partial charge in [0.25, 0.3) is 0 Å². The van der Waals surface area contributed by atoms with Crippen molar-refractivity contribution in [2.24, 2.45) is 5.92 Å². The Kier molecular flexibility index (Phi) is 5.26. The van der Waals surface area contributed by atoms with Gasteiger partial charge in [-0.05, 0) is 43.1 Å². The van der Waals surface area contributed by atoms with E-state index in [1.54, 1.807) is 6.07 Å². The van der Waals surface area contributed by atoms with E-state index in [0.29, 0.717) is 17.7 Å². The van der Waals surface area contributed by atoms with E-state index in [1.165, 1.54) is 25.7 Å². The molecule has 126 valence electrons. The third-order valence-electron chi connectivity index (χ3n) is 5.21. The van der Waals surface area contributed by atoms with Gasteiger partial charge in [-0.3, -0.25) is 0 Å². The van der Waals surface area contributed by atoms with Gasteiger partial charge in [-0.25, -0.2) is 0 Å². The van der Waals surface area contributed by atoms with Gasteiger partial charge >= 0.3 is 0 Å². The smallest absolute Gasteiger partial charge is 0.169 e. The number of nitrogens with one attached hydrogen (secondary N) is 1. The summed E-state index contributed by atoms with van der Waals surface area (Å²) in [6.45, 7) is 5.91. The molecule has 1 saturated heterocycles. The highest BCUT2D eigenvalue weighted by Crippen LogP contribution is 2.27. The van der Waals surface area contributed by atoms with Crippen LogP contribution in [0.2, 0.25) is 0 Å². The first-order valence-electron chi connectivity index (χ1n) is 8.73. The van der Waals surface area contributed by atoms with E-state index in [9.17, 15) is 5.11 Å². The van der Waals surface area contributed by atoms with Gasteiger partial charge in [0.2, 0.25) is 0 Å². The minimum absolute atomic E-state index is 0.359. The largest absolute Gasteiger partial charge is 0.506 e. The zero-order chi connectivity index (χ0) is 16.2. The van der Waals surface area contributed by atoms with Gasteiger partial charge in [0.1, 0.15) is 5.75 Å². The maximum Gasteiger partial charge on any atom is 0.169 e. The number of para-hydroxylation sites is 2. The van der Waals surface area contributed by atoms with Gasteiger partial charge in [0.15, 0.2) is 5.11 Å². The van der Waals surface area contributed by atoms with Crippen molar-refractivity contribution < 1.29 is 5.11 Å². The Morgan fingerprint density at radius 3 is 2.52 bits per heavy atom. The Morgan fingerprint density at radius 2 is 1.83 bits per heavy atom. The molecular formula is C18H27N3OS. The van der Waals surface area contributed by atoms with Crippen molar-refractivity contribution in [3.05, 3.63) is 24.3 Å². The molecule has 0 aromatic heterocycles. The molecule has 0 unspecified atom stereocenters. The zero-order valence-corrected chi connectivity index (χ0v) is 14.7. The van der Waals surface area contributed by atoms with E-state index in [1.807, 2.05) is 18.2 Å². The van der Waals surface area contributed by atoms with Gasteiger partial charge < -0.3 is 20.2 Å². The Balaban J connectivity index is 1.52. The fourth-order valence-electron chi connectivity index (χ4n) is 3.66. The van der Waals surface area contributed by atoms with Gasteiger partial charge in [0, 0.05) is 32.2 Å². The number of thiocarbonyl (C=S) groups is 1. The van der Waals surface area contributed by atoms with E-state index in [-0.39, 0.29) is 0 Å². The standard InChI is InChI=1S/C18H27N3OS/c1-14-6-2-3-7-15(14)19-18(23)21-12-10-20(11-13-21)16-8-4-5-9-17(16)22/h4-5,8-9,14-15,22H,2-3,6-7,10-13H2,1H3,(H,19,23)/t14-,15-/m1/s1. The summed E-state index contributed by atoms with van der Waals surface area (Å²) in [5, 5.41) is 14.5. The Morgan fingerprint density at radius 1 is 1.13 bits per heavy atom. The molecule has 2 aliphatic rings. The molecule has 2 N–H and O–H groups in total. The van der Waals surface area contributed by atoms with Crippen LogP contribution in [0.15, 0.2) is 24.3 Å². The molecular weight excluding hydrogens is 306 g/mol. The van der Waals surface area contributed by atoms with Crippen molar-refractivity contribution in [3.8, 4) is 5.75 Å². The van der Waals surface area contributed by atoms with Crippen molar-refractivity contribution in [2.45, 2.75) is 38.6 Å². The fraction of sp³-hybridized carbons (Fsp3) is 0.611. The highest BCUT2D eigenvalue weighted by atomic mass is 32.1. The molecule has 0 bridgehead atoms. The van der Waals surface area contributed by atoms with Gasteiger partial charge in [0.05, 0.1) is 5.69 Å². The molecule has 0 spiro atoms. The molecule has 0 radical (unpaired) electrons. The number of anilines is 1. The first-order chi connectivity index (χ1) is 11.1. The summed E-state index contributed by atoms with van der Waals surface area (Å²) in [5.41, 5.74) is 0.923. The van der Waals surface area contributed by atoms with Crippen LogP contribution in [-0.4, -0.2) is 47.3 Å². The van der Waals surface area contributed by atoms with Gasteiger partial charge in [-0.1, -0.05) is 31.9 Å². The molecule has 1 aromatic rings. The third-order valence-corrected chi connectivity index (χ3v) is 5.59. The molecule has 5 heteroatoms. The third kappa shape index (κ3) is 3.89. The highest BCUT2D eigenvalue weighted by Gasteiger charge is 2.25. The van der Waals surface area contributed by atoms with Crippen LogP contribution in [-0.2, 0) is 0 Å². The van der Waals surface area contributed by atoms with Crippen LogP contribution in [0.4, 0.5) is 5.69 Å². The molecule has 1 aliphatic heterocycles. The number of nitrogens with zero attached hydrogens (tertiary/aromatic N) is 2. The van der Waals surface area contributed by atoms with Crippen molar-refractivity contribution in [1.82, 2.24) is 10.2 Å². The Labute approximate surface area is 144 Å². The van der Waals surface area contributed by atoms with Crippen LogP contribution in [0.1, 0.15) is 32.6 Å². The molecule has 1 saturated carbocycles. The molecule has 1 aromatic carbocycles. The number of hydrogen-bond donors (Lipinski definition) is 2. The number of piperazine rings is 1. The molecule has 2 atom stereocenters. The number of rotatable bonds is 2. The molecule has 23 heavy (non-hydrogen) atoms. The second kappa shape index (κ2) is 7.39. The molecule has 0 amide bonds. The highest BCUT2D eigenvalue weighted by molar-refractivity contribution is 7.80. The number of phenolic OH excluding ortho intramolecular Hbond substituents is 1. The normalized spacial score (nSPS) is 25.3. The van der Waals surface area contributed by atoms with Crippen molar-refractivity contribution >= 4 is 23.0 Å². The van der Waals surface area contributed by atoms with Crippen LogP contribution in [0.5, 0.6) is 5.75 Å². The lowest BCUT2D eigenvalue weighted by Crippen LogP contribution is -2.54. The number of phenols is 1. The van der Waals surface area contributed by atoms with Crippen molar-refractivity contribution in [1.29, 1.82) is 0 Å². The number of benzene rings is 1. The van der Waals surface area contributed by atoms with Crippen molar-refractivity contribution in [2.75, 3.05) is 31.1 Å². The maximum absolute atomic E-state index is 9.99. The minimum atomic E-state index is 0.359. The zero-order valence-electron chi connectivity index (χ0n) is 13.9. The first kappa shape index (κ1) is 16.4. The van der Waals surface area contributed by atoms with Gasteiger partial charge in [-0.15, -0.1) is 0 Å². The average molecular weight is 334 g/mol. The van der Waals surface area contributed by atoms with E-state index in [2.05, 4.69) is 22.0 Å². The second-order valence-corrected chi connectivity index (χ2v) is 7.17. The van der Waals surface area contributed by atoms with Crippen molar-refractivity contribution in [3.63, 3.8) is 0 Å². The number of hydrogen-bond acceptors (Lipinski definition) is 3. The predicted molar refractivity (Wildman–Crippen MR) is 99.0 cm³/mol. The summed E-state index contributed by atoms with van der Waals surface area (Å²) in [6, 6.07) is 8.09. The summed E-state index contributed by atoms with van der Waals surface area (Å²) in [7, 11) is 0. The van der Waals surface area contributed by atoms with Crippen LogP contribution in [0.3, 0.4) is 0 Å². The lowest BCUT2D eigenvalue weighted by molar-refractivity contribution is 0.293. The molecule has 1 aliphatic carbocycles. The molecule has 4 nitrogen and oxygen atoms in total. The fourth-order valence-corrected chi connectivity index (χ4v) is 4.00. The van der Waals surface area contributed by atoms with E-state index >= 15 is 0 Å². The lowest BCUT2D eigenvalue weighted by Gasteiger charge is -2.39.